The second-order valence-electron chi connectivity index (χ2n) is 7.09. The fourth-order valence-electron chi connectivity index (χ4n) is 3.13. The maximum absolute atomic E-state index is 3.83. The van der Waals surface area contributed by atoms with Gasteiger partial charge in [-0.15, -0.1) is 0 Å². The van der Waals surface area contributed by atoms with Crippen molar-refractivity contribution in [3.63, 3.8) is 0 Å². The number of hydrogen-bond donors (Lipinski definition) is 1. The number of rotatable bonds is 3. The molecule has 2 rings (SSSR count). The first kappa shape index (κ1) is 14.6. The maximum Gasteiger partial charge on any atom is 0.0294 e. The van der Waals surface area contributed by atoms with E-state index in [0.29, 0.717) is 17.5 Å². The lowest BCUT2D eigenvalue weighted by atomic mass is 9.85. The summed E-state index contributed by atoms with van der Waals surface area (Å²) in [5, 5.41) is 3.83. The molecule has 2 unspecified atom stereocenters. The Morgan fingerprint density at radius 1 is 1.11 bits per heavy atom. The van der Waals surface area contributed by atoms with Crippen LogP contribution in [0, 0.1) is 12.3 Å². The van der Waals surface area contributed by atoms with E-state index in [4.69, 9.17) is 0 Å². The molecule has 0 heterocycles. The molecule has 1 fully saturated rings. The molecule has 0 bridgehead atoms. The van der Waals surface area contributed by atoms with Crippen molar-refractivity contribution in [2.24, 2.45) is 5.41 Å². The van der Waals surface area contributed by atoms with Gasteiger partial charge in [0, 0.05) is 12.1 Å². The summed E-state index contributed by atoms with van der Waals surface area (Å²) in [5.41, 5.74) is 3.30. The second-order valence-corrected chi connectivity index (χ2v) is 7.09. The summed E-state index contributed by atoms with van der Waals surface area (Å²) in [4.78, 5) is 0. The summed E-state index contributed by atoms with van der Waals surface area (Å²) in [6.07, 6.45) is 6.75. The molecule has 1 heteroatoms. The van der Waals surface area contributed by atoms with Crippen LogP contribution < -0.4 is 5.32 Å². The molecule has 1 aromatic carbocycles. The summed E-state index contributed by atoms with van der Waals surface area (Å²) in [5.74, 6) is 0. The quantitative estimate of drug-likeness (QED) is 0.753. The van der Waals surface area contributed by atoms with E-state index in [1.54, 1.807) is 0 Å². The van der Waals surface area contributed by atoms with Crippen LogP contribution in [-0.2, 0) is 0 Å². The highest BCUT2D eigenvalue weighted by molar-refractivity contribution is 5.23. The Bertz CT molecular complexity index is 391. The summed E-state index contributed by atoms with van der Waals surface area (Å²) in [7, 11) is 0. The minimum Gasteiger partial charge on any atom is -0.307 e. The molecule has 1 aliphatic rings. The van der Waals surface area contributed by atoms with E-state index in [1.165, 1.54) is 43.2 Å². The third-order valence-corrected chi connectivity index (χ3v) is 4.64. The average Bonchev–Trinajstić information content (AvgIpc) is 2.52. The Morgan fingerprint density at radius 2 is 1.79 bits per heavy atom. The lowest BCUT2D eigenvalue weighted by Gasteiger charge is -2.24. The van der Waals surface area contributed by atoms with Crippen LogP contribution in [-0.4, -0.2) is 6.04 Å². The van der Waals surface area contributed by atoms with E-state index in [1.807, 2.05) is 0 Å². The molecule has 0 amide bonds. The fourth-order valence-corrected chi connectivity index (χ4v) is 3.13. The van der Waals surface area contributed by atoms with Crippen molar-refractivity contribution in [1.29, 1.82) is 0 Å². The second kappa shape index (κ2) is 6.09. The zero-order valence-corrected chi connectivity index (χ0v) is 13.0. The van der Waals surface area contributed by atoms with Crippen molar-refractivity contribution < 1.29 is 0 Å². The highest BCUT2D eigenvalue weighted by atomic mass is 14.9. The molecule has 2 atom stereocenters. The summed E-state index contributed by atoms with van der Waals surface area (Å²) in [6.45, 7) is 9.27. The molecule has 1 aromatic rings. The van der Waals surface area contributed by atoms with Gasteiger partial charge in [-0.1, -0.05) is 50.1 Å². The zero-order valence-electron chi connectivity index (χ0n) is 13.0. The molecule has 0 spiro atoms. The molecule has 0 aromatic heterocycles. The number of hydrogen-bond acceptors (Lipinski definition) is 1. The van der Waals surface area contributed by atoms with Gasteiger partial charge in [-0.2, -0.15) is 0 Å². The number of aryl methyl sites for hydroxylation is 1. The van der Waals surface area contributed by atoms with Gasteiger partial charge in [0.25, 0.3) is 0 Å². The van der Waals surface area contributed by atoms with E-state index >= 15 is 0 Å². The normalized spacial score (nSPS) is 24.7. The van der Waals surface area contributed by atoms with E-state index in [9.17, 15) is 0 Å². The standard InChI is InChI=1S/C18H29N/c1-14-7-9-16(10-8-14)15(2)19-17-6-5-12-18(3,4)13-11-17/h7-10,15,17,19H,5-6,11-13H2,1-4H3. The number of nitrogens with one attached hydrogen (secondary N) is 1. The van der Waals surface area contributed by atoms with E-state index in [0.717, 1.165) is 0 Å². The summed E-state index contributed by atoms with van der Waals surface area (Å²) < 4.78 is 0. The smallest absolute Gasteiger partial charge is 0.0294 e. The molecule has 1 nitrogen and oxygen atoms in total. The fraction of sp³-hybridized carbons (Fsp3) is 0.667. The maximum atomic E-state index is 3.83. The van der Waals surface area contributed by atoms with Crippen LogP contribution in [0.2, 0.25) is 0 Å². The molecular weight excluding hydrogens is 230 g/mol. The van der Waals surface area contributed by atoms with E-state index < -0.39 is 0 Å². The molecule has 0 radical (unpaired) electrons. The van der Waals surface area contributed by atoms with Gasteiger partial charge in [0.15, 0.2) is 0 Å². The first-order chi connectivity index (χ1) is 8.96. The third kappa shape index (κ3) is 4.35. The Balaban J connectivity index is 1.91. The molecule has 0 saturated heterocycles. The van der Waals surface area contributed by atoms with Gasteiger partial charge < -0.3 is 5.32 Å². The lowest BCUT2D eigenvalue weighted by Crippen LogP contribution is -2.31. The predicted octanol–water partition coefficient (Wildman–Crippen LogP) is 5.00. The van der Waals surface area contributed by atoms with Crippen LogP contribution in [0.5, 0.6) is 0 Å². The highest BCUT2D eigenvalue weighted by Gasteiger charge is 2.24. The third-order valence-electron chi connectivity index (χ3n) is 4.64. The molecule has 19 heavy (non-hydrogen) atoms. The van der Waals surface area contributed by atoms with E-state index in [2.05, 4.69) is 57.3 Å². The molecule has 0 aliphatic heterocycles. The molecule has 106 valence electrons. The van der Waals surface area contributed by atoms with Crippen LogP contribution in [0.1, 0.15) is 70.0 Å². The molecule has 1 saturated carbocycles. The first-order valence-electron chi connectivity index (χ1n) is 7.79. The SMILES string of the molecule is Cc1ccc(C(C)NC2CCCC(C)(C)CC2)cc1. The minimum absolute atomic E-state index is 0.465. The lowest BCUT2D eigenvalue weighted by molar-refractivity contribution is 0.307. The van der Waals surface area contributed by atoms with Crippen LogP contribution >= 0.6 is 0 Å². The largest absolute Gasteiger partial charge is 0.307 e. The summed E-state index contributed by atoms with van der Waals surface area (Å²) >= 11 is 0. The van der Waals surface area contributed by atoms with E-state index in [-0.39, 0.29) is 0 Å². The van der Waals surface area contributed by atoms with Gasteiger partial charge in [-0.25, -0.2) is 0 Å². The van der Waals surface area contributed by atoms with Gasteiger partial charge in [-0.3, -0.25) is 0 Å². The van der Waals surface area contributed by atoms with Crippen molar-refractivity contribution in [1.82, 2.24) is 5.32 Å². The van der Waals surface area contributed by atoms with Crippen molar-refractivity contribution in [2.75, 3.05) is 0 Å². The van der Waals surface area contributed by atoms with Crippen LogP contribution in [0.15, 0.2) is 24.3 Å². The minimum atomic E-state index is 0.465. The predicted molar refractivity (Wildman–Crippen MR) is 83.4 cm³/mol. The monoisotopic (exact) mass is 259 g/mol. The summed E-state index contributed by atoms with van der Waals surface area (Å²) in [6, 6.07) is 10.1. The first-order valence-corrected chi connectivity index (χ1v) is 7.79. The van der Waals surface area contributed by atoms with Crippen LogP contribution in [0.25, 0.3) is 0 Å². The average molecular weight is 259 g/mol. The van der Waals surface area contributed by atoms with Gasteiger partial charge >= 0.3 is 0 Å². The highest BCUT2D eigenvalue weighted by Crippen LogP contribution is 2.34. The number of benzene rings is 1. The Morgan fingerprint density at radius 3 is 2.47 bits per heavy atom. The Labute approximate surface area is 118 Å². The van der Waals surface area contributed by atoms with Crippen molar-refractivity contribution in [2.45, 2.75) is 71.9 Å². The Hall–Kier alpha value is -0.820. The van der Waals surface area contributed by atoms with Crippen molar-refractivity contribution >= 4 is 0 Å². The van der Waals surface area contributed by atoms with Crippen LogP contribution in [0.4, 0.5) is 0 Å². The molecule has 1 aliphatic carbocycles. The van der Waals surface area contributed by atoms with Gasteiger partial charge in [0.1, 0.15) is 0 Å². The van der Waals surface area contributed by atoms with Crippen LogP contribution in [0.3, 0.4) is 0 Å². The van der Waals surface area contributed by atoms with Gasteiger partial charge in [0.05, 0.1) is 0 Å². The van der Waals surface area contributed by atoms with Gasteiger partial charge in [0.2, 0.25) is 0 Å². The van der Waals surface area contributed by atoms with Gasteiger partial charge in [-0.05, 0) is 50.5 Å². The van der Waals surface area contributed by atoms with Crippen molar-refractivity contribution in [3.05, 3.63) is 35.4 Å². The Kier molecular flexibility index (Phi) is 4.67. The molecule has 1 N–H and O–H groups in total. The molecular formula is C18H29N. The zero-order chi connectivity index (χ0) is 13.9. The topological polar surface area (TPSA) is 12.0 Å². The van der Waals surface area contributed by atoms with Crippen molar-refractivity contribution in [3.8, 4) is 0 Å².